The molecule has 0 fully saturated rings. The van der Waals surface area contributed by atoms with E-state index in [1.165, 1.54) is 12.1 Å². The van der Waals surface area contributed by atoms with Crippen molar-refractivity contribution in [2.45, 2.75) is 0 Å². The summed E-state index contributed by atoms with van der Waals surface area (Å²) in [7, 11) is 0. The maximum atomic E-state index is 13.0. The van der Waals surface area contributed by atoms with Crippen LogP contribution in [-0.2, 0) is 0 Å². The zero-order valence-corrected chi connectivity index (χ0v) is 14.4. The van der Waals surface area contributed by atoms with Gasteiger partial charge in [-0.1, -0.05) is 0 Å². The van der Waals surface area contributed by atoms with Gasteiger partial charge in [-0.15, -0.1) is 0 Å². The molecule has 2 aromatic carbocycles. The van der Waals surface area contributed by atoms with Crippen molar-refractivity contribution in [1.82, 2.24) is 19.9 Å². The molecule has 0 spiro atoms. The van der Waals surface area contributed by atoms with Crippen LogP contribution in [0.1, 0.15) is 0 Å². The van der Waals surface area contributed by atoms with Crippen LogP contribution in [0.25, 0.3) is 11.0 Å². The third kappa shape index (κ3) is 3.43. The van der Waals surface area contributed by atoms with Crippen LogP contribution >= 0.6 is 15.9 Å². The maximum absolute atomic E-state index is 13.0. The molecule has 4 aromatic rings. The summed E-state index contributed by atoms with van der Waals surface area (Å²) in [5, 5.41) is 6.29. The molecule has 0 bridgehead atoms. The average Bonchev–Trinajstić information content (AvgIpc) is 3.07. The Bertz CT molecular complexity index is 1030. The minimum Gasteiger partial charge on any atom is -0.345 e. The van der Waals surface area contributed by atoms with Crippen molar-refractivity contribution in [3.8, 4) is 0 Å². The highest BCUT2D eigenvalue weighted by Crippen LogP contribution is 2.26. The number of aromatic amines is 1. The fraction of sp³-hybridized carbons (Fsp3) is 0. The molecule has 0 aliphatic carbocycles. The van der Waals surface area contributed by atoms with Crippen molar-refractivity contribution in [3.63, 3.8) is 0 Å². The molecule has 0 radical (unpaired) electrons. The molecule has 0 aliphatic heterocycles. The Morgan fingerprint density at radius 2 is 1.76 bits per heavy atom. The Kier molecular flexibility index (Phi) is 4.02. The Labute approximate surface area is 150 Å². The van der Waals surface area contributed by atoms with Crippen LogP contribution in [0.5, 0.6) is 0 Å². The van der Waals surface area contributed by atoms with Crippen molar-refractivity contribution >= 4 is 50.1 Å². The van der Waals surface area contributed by atoms with Gasteiger partial charge in [0.05, 0.1) is 21.8 Å². The van der Waals surface area contributed by atoms with Crippen molar-refractivity contribution in [3.05, 3.63) is 65.3 Å². The highest BCUT2D eigenvalue weighted by Gasteiger charge is 2.07. The topological polar surface area (TPSA) is 78.5 Å². The van der Waals surface area contributed by atoms with Crippen LogP contribution in [0.2, 0.25) is 0 Å². The Balaban J connectivity index is 1.58. The first-order valence-corrected chi connectivity index (χ1v) is 8.22. The van der Waals surface area contributed by atoms with Gasteiger partial charge in [0, 0.05) is 17.6 Å². The van der Waals surface area contributed by atoms with Gasteiger partial charge in [0.2, 0.25) is 5.95 Å². The zero-order chi connectivity index (χ0) is 17.2. The molecule has 0 saturated heterocycles. The van der Waals surface area contributed by atoms with Crippen molar-refractivity contribution in [2.75, 3.05) is 10.6 Å². The smallest absolute Gasteiger partial charge is 0.229 e. The summed E-state index contributed by atoms with van der Waals surface area (Å²) < 4.78 is 13.7. The predicted molar refractivity (Wildman–Crippen MR) is 98.8 cm³/mol. The molecule has 25 heavy (non-hydrogen) atoms. The first-order valence-electron chi connectivity index (χ1n) is 7.43. The number of aromatic nitrogens is 4. The van der Waals surface area contributed by atoms with Crippen molar-refractivity contribution in [2.24, 2.45) is 0 Å². The molecular weight excluding hydrogens is 387 g/mol. The van der Waals surface area contributed by atoms with Crippen LogP contribution in [0, 0.1) is 5.82 Å². The Hall–Kier alpha value is -3.00. The fourth-order valence-electron chi connectivity index (χ4n) is 2.33. The Morgan fingerprint density at radius 1 is 0.960 bits per heavy atom. The van der Waals surface area contributed by atoms with Crippen molar-refractivity contribution in [1.29, 1.82) is 0 Å². The van der Waals surface area contributed by atoms with E-state index in [9.17, 15) is 4.39 Å². The lowest BCUT2D eigenvalue weighted by Crippen LogP contribution is -2.01. The van der Waals surface area contributed by atoms with E-state index in [2.05, 4.69) is 46.5 Å². The summed E-state index contributed by atoms with van der Waals surface area (Å²) in [6.45, 7) is 0. The largest absolute Gasteiger partial charge is 0.345 e. The average molecular weight is 399 g/mol. The van der Waals surface area contributed by atoms with Gasteiger partial charge in [0.15, 0.2) is 0 Å². The van der Waals surface area contributed by atoms with Crippen LogP contribution < -0.4 is 10.6 Å². The summed E-state index contributed by atoms with van der Waals surface area (Å²) in [4.78, 5) is 16.0. The van der Waals surface area contributed by atoms with Gasteiger partial charge in [-0.05, 0) is 58.4 Å². The number of H-pyrrole nitrogens is 1. The number of hydrogen-bond acceptors (Lipinski definition) is 5. The van der Waals surface area contributed by atoms with Gasteiger partial charge in [-0.3, -0.25) is 0 Å². The van der Waals surface area contributed by atoms with E-state index in [1.54, 1.807) is 24.7 Å². The summed E-state index contributed by atoms with van der Waals surface area (Å²) in [6, 6.07) is 11.8. The lowest BCUT2D eigenvalue weighted by molar-refractivity contribution is 0.628. The molecule has 8 heteroatoms. The SMILES string of the molecule is Fc1ccc(Nc2nc(Nc3ccc4nc[nH]c4c3)ncc2Br)cc1. The molecule has 0 amide bonds. The minimum absolute atomic E-state index is 0.288. The van der Waals surface area contributed by atoms with Gasteiger partial charge in [-0.2, -0.15) is 4.98 Å². The molecule has 0 unspecified atom stereocenters. The van der Waals surface area contributed by atoms with Gasteiger partial charge in [0.25, 0.3) is 0 Å². The zero-order valence-electron chi connectivity index (χ0n) is 12.8. The highest BCUT2D eigenvalue weighted by molar-refractivity contribution is 9.10. The Morgan fingerprint density at radius 3 is 2.60 bits per heavy atom. The number of nitrogens with one attached hydrogen (secondary N) is 3. The third-order valence-electron chi connectivity index (χ3n) is 3.53. The molecule has 3 N–H and O–H groups in total. The second-order valence-corrected chi connectivity index (χ2v) is 6.14. The standard InChI is InChI=1S/C17H12BrFN6/c18-13-8-20-17(24-12-5-6-14-15(7-12)22-9-21-14)25-16(13)23-11-3-1-10(19)2-4-11/h1-9H,(H,21,22)(H2,20,23,24,25). The molecule has 0 aliphatic rings. The highest BCUT2D eigenvalue weighted by atomic mass is 79.9. The number of halogens is 2. The molecule has 2 heterocycles. The van der Waals surface area contributed by atoms with E-state index >= 15 is 0 Å². The van der Waals surface area contributed by atoms with Crippen LogP contribution in [0.3, 0.4) is 0 Å². The lowest BCUT2D eigenvalue weighted by Gasteiger charge is -2.10. The number of hydrogen-bond donors (Lipinski definition) is 3. The number of fused-ring (bicyclic) bond motifs is 1. The quantitative estimate of drug-likeness (QED) is 0.462. The van der Waals surface area contributed by atoms with E-state index in [1.807, 2.05) is 18.2 Å². The molecule has 4 rings (SSSR count). The second-order valence-electron chi connectivity index (χ2n) is 5.28. The summed E-state index contributed by atoms with van der Waals surface area (Å²) in [6.07, 6.45) is 3.30. The summed E-state index contributed by atoms with van der Waals surface area (Å²) in [5.74, 6) is 0.724. The van der Waals surface area contributed by atoms with Crippen LogP contribution in [0.15, 0.2) is 59.5 Å². The fourth-order valence-corrected chi connectivity index (χ4v) is 2.62. The molecule has 0 saturated carbocycles. The van der Waals surface area contributed by atoms with Crippen molar-refractivity contribution < 1.29 is 4.39 Å². The second kappa shape index (κ2) is 6.48. The van der Waals surface area contributed by atoms with Gasteiger partial charge in [0.1, 0.15) is 11.6 Å². The van der Waals surface area contributed by atoms with E-state index in [0.717, 1.165) is 22.4 Å². The maximum Gasteiger partial charge on any atom is 0.229 e. The number of anilines is 4. The van der Waals surface area contributed by atoms with Crippen LogP contribution in [0.4, 0.5) is 27.5 Å². The first kappa shape index (κ1) is 15.5. The summed E-state index contributed by atoms with van der Waals surface area (Å²) in [5.41, 5.74) is 3.38. The summed E-state index contributed by atoms with van der Waals surface area (Å²) >= 11 is 3.41. The number of rotatable bonds is 4. The van der Waals surface area contributed by atoms with E-state index < -0.39 is 0 Å². The molecular formula is C17H12BrFN6. The minimum atomic E-state index is -0.288. The lowest BCUT2D eigenvalue weighted by atomic mass is 10.3. The molecule has 0 atom stereocenters. The molecule has 124 valence electrons. The predicted octanol–water partition coefficient (Wildman–Crippen LogP) is 4.74. The molecule has 6 nitrogen and oxygen atoms in total. The number of imidazole rings is 1. The van der Waals surface area contributed by atoms with E-state index in [-0.39, 0.29) is 5.82 Å². The normalized spacial score (nSPS) is 10.8. The van der Waals surface area contributed by atoms with Crippen LogP contribution in [-0.4, -0.2) is 19.9 Å². The molecule has 2 aromatic heterocycles. The van der Waals surface area contributed by atoms with Gasteiger partial charge >= 0.3 is 0 Å². The third-order valence-corrected chi connectivity index (χ3v) is 4.11. The van der Waals surface area contributed by atoms with Gasteiger partial charge in [-0.25, -0.2) is 14.4 Å². The number of benzene rings is 2. The van der Waals surface area contributed by atoms with Gasteiger partial charge < -0.3 is 15.6 Å². The first-order chi connectivity index (χ1) is 12.2. The monoisotopic (exact) mass is 398 g/mol. The number of nitrogens with zero attached hydrogens (tertiary/aromatic N) is 3. The van der Waals surface area contributed by atoms with E-state index in [4.69, 9.17) is 0 Å². The van der Waals surface area contributed by atoms with E-state index in [0.29, 0.717) is 16.2 Å².